The Hall–Kier alpha value is -3.19. The molecule has 0 aliphatic heterocycles. The first-order valence-corrected chi connectivity index (χ1v) is 9.26. The number of carbonyl (C=O) groups excluding carboxylic acids is 1. The van der Waals surface area contributed by atoms with Crippen LogP contribution in [0.1, 0.15) is 20.9 Å². The lowest BCUT2D eigenvalue weighted by molar-refractivity contribution is 0.103. The number of fused-ring (bicyclic) bond motifs is 1. The number of aromatic nitrogens is 3. The van der Waals surface area contributed by atoms with Gasteiger partial charge in [0, 0.05) is 24.3 Å². The SMILES string of the molecule is Cc1cc(NC(=O)c2cc3c(C)nn(C)c3s2)ccc1Oc1cccnc1. The molecule has 0 spiro atoms. The van der Waals surface area contributed by atoms with Crippen molar-refractivity contribution in [3.05, 3.63) is 64.9 Å². The zero-order valence-electron chi connectivity index (χ0n) is 15.2. The lowest BCUT2D eigenvalue weighted by Gasteiger charge is -2.10. The standard InChI is InChI=1S/C20H18N4O2S/c1-12-9-14(6-7-17(12)26-15-5-4-8-21-11-15)22-19(25)18-10-16-13(2)23-24(3)20(16)27-18/h4-11H,1-3H3,(H,22,25). The van der Waals surface area contributed by atoms with Crippen LogP contribution in [-0.2, 0) is 7.05 Å². The second-order valence-electron chi connectivity index (χ2n) is 6.26. The fraction of sp³-hybridized carbons (Fsp3) is 0.150. The molecule has 0 saturated carbocycles. The van der Waals surface area contributed by atoms with Crippen molar-refractivity contribution >= 4 is 33.1 Å². The summed E-state index contributed by atoms with van der Waals surface area (Å²) >= 11 is 1.44. The fourth-order valence-corrected chi connectivity index (χ4v) is 3.90. The fourth-order valence-electron chi connectivity index (χ4n) is 2.89. The maximum Gasteiger partial charge on any atom is 0.265 e. The molecule has 3 heterocycles. The first kappa shape index (κ1) is 17.2. The van der Waals surface area contributed by atoms with Crippen molar-refractivity contribution in [1.82, 2.24) is 14.8 Å². The van der Waals surface area contributed by atoms with Gasteiger partial charge in [-0.15, -0.1) is 11.3 Å². The van der Waals surface area contributed by atoms with Crippen LogP contribution in [0.4, 0.5) is 5.69 Å². The Balaban J connectivity index is 1.52. The molecule has 3 aromatic heterocycles. The summed E-state index contributed by atoms with van der Waals surface area (Å²) in [5, 5.41) is 8.34. The highest BCUT2D eigenvalue weighted by Crippen LogP contribution is 2.30. The number of ether oxygens (including phenoxy) is 1. The Bertz CT molecular complexity index is 1100. The summed E-state index contributed by atoms with van der Waals surface area (Å²) in [4.78, 5) is 18.3. The van der Waals surface area contributed by atoms with Crippen molar-refractivity contribution in [2.45, 2.75) is 13.8 Å². The largest absolute Gasteiger partial charge is 0.455 e. The molecule has 136 valence electrons. The van der Waals surface area contributed by atoms with Gasteiger partial charge in [0.1, 0.15) is 16.3 Å². The van der Waals surface area contributed by atoms with Gasteiger partial charge in [-0.2, -0.15) is 5.10 Å². The molecule has 0 aliphatic rings. The summed E-state index contributed by atoms with van der Waals surface area (Å²) in [6.45, 7) is 3.89. The van der Waals surface area contributed by atoms with Crippen molar-refractivity contribution in [1.29, 1.82) is 0 Å². The zero-order chi connectivity index (χ0) is 19.0. The van der Waals surface area contributed by atoms with E-state index in [0.717, 1.165) is 32.9 Å². The maximum atomic E-state index is 12.6. The van der Waals surface area contributed by atoms with Crippen LogP contribution in [0.5, 0.6) is 11.5 Å². The van der Waals surface area contributed by atoms with Crippen molar-refractivity contribution in [2.24, 2.45) is 7.05 Å². The molecule has 27 heavy (non-hydrogen) atoms. The van der Waals surface area contributed by atoms with Gasteiger partial charge in [0.05, 0.1) is 16.8 Å². The summed E-state index contributed by atoms with van der Waals surface area (Å²) in [6.07, 6.45) is 3.36. The number of amides is 1. The number of pyridine rings is 1. The number of aryl methyl sites for hydroxylation is 3. The number of anilines is 1. The predicted octanol–water partition coefficient (Wildman–Crippen LogP) is 4.69. The Kier molecular flexibility index (Phi) is 4.37. The molecule has 0 atom stereocenters. The first-order chi connectivity index (χ1) is 13.0. The van der Waals surface area contributed by atoms with Crippen LogP contribution in [-0.4, -0.2) is 20.7 Å². The minimum Gasteiger partial charge on any atom is -0.455 e. The van der Waals surface area contributed by atoms with E-state index in [9.17, 15) is 4.79 Å². The van der Waals surface area contributed by atoms with E-state index in [4.69, 9.17) is 4.74 Å². The Morgan fingerprint density at radius 1 is 1.22 bits per heavy atom. The summed E-state index contributed by atoms with van der Waals surface area (Å²) in [7, 11) is 1.89. The van der Waals surface area contributed by atoms with E-state index in [0.29, 0.717) is 10.6 Å². The van der Waals surface area contributed by atoms with Gasteiger partial charge in [-0.25, -0.2) is 0 Å². The molecule has 4 aromatic rings. The maximum absolute atomic E-state index is 12.6. The highest BCUT2D eigenvalue weighted by atomic mass is 32.1. The molecule has 6 nitrogen and oxygen atoms in total. The number of benzene rings is 1. The molecular weight excluding hydrogens is 360 g/mol. The quantitative estimate of drug-likeness (QED) is 0.559. The van der Waals surface area contributed by atoms with Gasteiger partial charge in [-0.1, -0.05) is 0 Å². The molecule has 1 amide bonds. The second-order valence-corrected chi connectivity index (χ2v) is 7.29. The Morgan fingerprint density at radius 2 is 2.07 bits per heavy atom. The Morgan fingerprint density at radius 3 is 2.78 bits per heavy atom. The van der Waals surface area contributed by atoms with Crippen LogP contribution < -0.4 is 10.1 Å². The molecule has 0 saturated heterocycles. The van der Waals surface area contributed by atoms with Gasteiger partial charge in [0.2, 0.25) is 0 Å². The molecule has 4 rings (SSSR count). The van der Waals surface area contributed by atoms with Crippen molar-refractivity contribution in [3.63, 3.8) is 0 Å². The molecule has 0 aliphatic carbocycles. The van der Waals surface area contributed by atoms with Gasteiger partial charge in [0.15, 0.2) is 0 Å². The van der Waals surface area contributed by atoms with Crippen LogP contribution in [0.3, 0.4) is 0 Å². The highest BCUT2D eigenvalue weighted by molar-refractivity contribution is 7.20. The summed E-state index contributed by atoms with van der Waals surface area (Å²) < 4.78 is 7.63. The Labute approximate surface area is 160 Å². The minimum absolute atomic E-state index is 0.129. The number of hydrogen-bond donors (Lipinski definition) is 1. The van der Waals surface area contributed by atoms with Crippen molar-refractivity contribution in [3.8, 4) is 11.5 Å². The van der Waals surface area contributed by atoms with E-state index in [-0.39, 0.29) is 5.91 Å². The first-order valence-electron chi connectivity index (χ1n) is 8.44. The lowest BCUT2D eigenvalue weighted by Crippen LogP contribution is -2.10. The predicted molar refractivity (Wildman–Crippen MR) is 107 cm³/mol. The molecule has 1 N–H and O–H groups in total. The smallest absolute Gasteiger partial charge is 0.265 e. The average molecular weight is 378 g/mol. The van der Waals surface area contributed by atoms with E-state index >= 15 is 0 Å². The van der Waals surface area contributed by atoms with E-state index in [1.165, 1.54) is 11.3 Å². The molecule has 0 unspecified atom stereocenters. The normalized spacial score (nSPS) is 10.9. The minimum atomic E-state index is -0.129. The monoisotopic (exact) mass is 378 g/mol. The molecule has 7 heteroatoms. The lowest BCUT2D eigenvalue weighted by atomic mass is 10.2. The third-order valence-corrected chi connectivity index (χ3v) is 5.42. The summed E-state index contributed by atoms with van der Waals surface area (Å²) in [5.41, 5.74) is 2.58. The van der Waals surface area contributed by atoms with Crippen LogP contribution in [0, 0.1) is 13.8 Å². The number of carbonyl (C=O) groups is 1. The van der Waals surface area contributed by atoms with Crippen LogP contribution in [0.25, 0.3) is 10.2 Å². The van der Waals surface area contributed by atoms with E-state index in [1.54, 1.807) is 17.1 Å². The highest BCUT2D eigenvalue weighted by Gasteiger charge is 2.15. The summed E-state index contributed by atoms with van der Waals surface area (Å²) in [5.74, 6) is 1.27. The second kappa shape index (κ2) is 6.85. The molecular formula is C20H18N4O2S. The van der Waals surface area contributed by atoms with Gasteiger partial charge >= 0.3 is 0 Å². The van der Waals surface area contributed by atoms with Crippen LogP contribution in [0.15, 0.2) is 48.8 Å². The number of nitrogens with zero attached hydrogens (tertiary/aromatic N) is 3. The topological polar surface area (TPSA) is 69.0 Å². The number of rotatable bonds is 4. The number of hydrogen-bond acceptors (Lipinski definition) is 5. The van der Waals surface area contributed by atoms with Crippen LogP contribution in [0.2, 0.25) is 0 Å². The van der Waals surface area contributed by atoms with E-state index in [1.807, 2.05) is 57.3 Å². The van der Waals surface area contributed by atoms with Crippen molar-refractivity contribution < 1.29 is 9.53 Å². The molecule has 1 aromatic carbocycles. The van der Waals surface area contributed by atoms with Gasteiger partial charge < -0.3 is 10.1 Å². The third kappa shape index (κ3) is 3.41. The van der Waals surface area contributed by atoms with Crippen molar-refractivity contribution in [2.75, 3.05) is 5.32 Å². The van der Waals surface area contributed by atoms with Crippen LogP contribution >= 0.6 is 11.3 Å². The van der Waals surface area contributed by atoms with Gasteiger partial charge in [-0.05, 0) is 55.8 Å². The summed E-state index contributed by atoms with van der Waals surface area (Å²) in [6, 6.07) is 11.1. The number of thiophene rings is 1. The molecule has 0 fully saturated rings. The number of nitrogens with one attached hydrogen (secondary N) is 1. The van der Waals surface area contributed by atoms with Gasteiger partial charge in [0.25, 0.3) is 5.91 Å². The molecule has 0 bridgehead atoms. The van der Waals surface area contributed by atoms with E-state index < -0.39 is 0 Å². The average Bonchev–Trinajstić information content (AvgIpc) is 3.20. The third-order valence-electron chi connectivity index (χ3n) is 4.21. The van der Waals surface area contributed by atoms with Gasteiger partial charge in [-0.3, -0.25) is 14.5 Å². The zero-order valence-corrected chi connectivity index (χ0v) is 16.0. The van der Waals surface area contributed by atoms with E-state index in [2.05, 4.69) is 15.4 Å². The molecule has 0 radical (unpaired) electrons.